The summed E-state index contributed by atoms with van der Waals surface area (Å²) in [6, 6.07) is 0.166. The van der Waals surface area contributed by atoms with Gasteiger partial charge in [-0.2, -0.15) is 0 Å². The molecule has 1 aromatic rings. The Kier molecular flexibility index (Phi) is 3.62. The fourth-order valence-corrected chi connectivity index (χ4v) is 1.76. The Morgan fingerprint density at radius 1 is 1.75 bits per heavy atom. The van der Waals surface area contributed by atoms with Crippen LogP contribution in [-0.2, 0) is 0 Å². The molecule has 1 unspecified atom stereocenters. The molecule has 2 nitrogen and oxygen atoms in total. The van der Waals surface area contributed by atoms with E-state index < -0.39 is 0 Å². The van der Waals surface area contributed by atoms with Crippen LogP contribution < -0.4 is 5.32 Å². The highest BCUT2D eigenvalue weighted by atomic mass is 32.1. The smallest absolute Gasteiger partial charge is 0.110 e. The van der Waals surface area contributed by atoms with E-state index in [4.69, 9.17) is 0 Å². The van der Waals surface area contributed by atoms with Gasteiger partial charge in [-0.15, -0.1) is 11.3 Å². The van der Waals surface area contributed by atoms with E-state index in [1.54, 1.807) is 11.3 Å². The number of thiazole rings is 1. The highest BCUT2D eigenvalue weighted by Gasteiger charge is 2.07. The third-order valence-electron chi connectivity index (χ3n) is 1.55. The van der Waals surface area contributed by atoms with E-state index in [1.807, 2.05) is 19.2 Å². The molecule has 0 spiro atoms. The van der Waals surface area contributed by atoms with Gasteiger partial charge in [0.2, 0.25) is 0 Å². The van der Waals surface area contributed by atoms with Gasteiger partial charge in [0.25, 0.3) is 0 Å². The summed E-state index contributed by atoms with van der Waals surface area (Å²) in [6.07, 6.45) is 0. The summed E-state index contributed by atoms with van der Waals surface area (Å²) >= 11 is 1.61. The van der Waals surface area contributed by atoms with Crippen LogP contribution in [0.1, 0.15) is 23.7 Å². The van der Waals surface area contributed by atoms with Crippen molar-refractivity contribution in [3.05, 3.63) is 16.1 Å². The molecule has 12 heavy (non-hydrogen) atoms. The zero-order valence-electron chi connectivity index (χ0n) is 7.30. The Morgan fingerprint density at radius 3 is 3.00 bits per heavy atom. The van der Waals surface area contributed by atoms with E-state index in [0.29, 0.717) is 6.54 Å². The topological polar surface area (TPSA) is 24.9 Å². The van der Waals surface area contributed by atoms with Crippen molar-refractivity contribution >= 4 is 11.3 Å². The van der Waals surface area contributed by atoms with Crippen molar-refractivity contribution in [1.82, 2.24) is 10.3 Å². The summed E-state index contributed by atoms with van der Waals surface area (Å²) in [5.74, 6) is 0. The summed E-state index contributed by atoms with van der Waals surface area (Å²) in [4.78, 5) is 4.30. The van der Waals surface area contributed by atoms with Crippen LogP contribution in [-0.4, -0.2) is 18.2 Å². The number of halogens is 1. The van der Waals surface area contributed by atoms with E-state index in [-0.39, 0.29) is 12.7 Å². The van der Waals surface area contributed by atoms with E-state index in [1.165, 1.54) is 0 Å². The molecule has 0 radical (unpaired) electrons. The average Bonchev–Trinajstić information content (AvgIpc) is 2.47. The molecule has 1 N–H and O–H groups in total. The second-order valence-electron chi connectivity index (χ2n) is 2.69. The van der Waals surface area contributed by atoms with Crippen LogP contribution in [0.4, 0.5) is 4.39 Å². The molecule has 0 saturated carbocycles. The van der Waals surface area contributed by atoms with Gasteiger partial charge in [-0.1, -0.05) is 0 Å². The highest BCUT2D eigenvalue weighted by Crippen LogP contribution is 2.16. The van der Waals surface area contributed by atoms with Crippen molar-refractivity contribution in [1.29, 1.82) is 0 Å². The van der Waals surface area contributed by atoms with Gasteiger partial charge < -0.3 is 5.32 Å². The van der Waals surface area contributed by atoms with E-state index in [9.17, 15) is 4.39 Å². The maximum absolute atomic E-state index is 11.8. The minimum atomic E-state index is -0.325. The number of nitrogens with one attached hydrogen (secondary N) is 1. The molecule has 0 aliphatic carbocycles. The van der Waals surface area contributed by atoms with Crippen LogP contribution in [0, 0.1) is 6.92 Å². The maximum Gasteiger partial charge on any atom is 0.110 e. The number of rotatable bonds is 4. The van der Waals surface area contributed by atoms with Crippen LogP contribution in [0.15, 0.2) is 5.38 Å². The van der Waals surface area contributed by atoms with Gasteiger partial charge in [-0.05, 0) is 13.8 Å². The number of hydrogen-bond donors (Lipinski definition) is 1. The van der Waals surface area contributed by atoms with Crippen LogP contribution in [0.3, 0.4) is 0 Å². The van der Waals surface area contributed by atoms with E-state index in [2.05, 4.69) is 10.3 Å². The molecule has 1 atom stereocenters. The summed E-state index contributed by atoms with van der Waals surface area (Å²) < 4.78 is 11.8. The third-order valence-corrected chi connectivity index (χ3v) is 2.70. The van der Waals surface area contributed by atoms with Crippen LogP contribution in [0.25, 0.3) is 0 Å². The van der Waals surface area contributed by atoms with Crippen molar-refractivity contribution < 1.29 is 4.39 Å². The quantitative estimate of drug-likeness (QED) is 0.782. The molecule has 1 aromatic heterocycles. The zero-order valence-corrected chi connectivity index (χ0v) is 8.12. The fraction of sp³-hybridized carbons (Fsp3) is 0.625. The van der Waals surface area contributed by atoms with Gasteiger partial charge >= 0.3 is 0 Å². The van der Waals surface area contributed by atoms with E-state index >= 15 is 0 Å². The molecule has 4 heteroatoms. The fourth-order valence-electron chi connectivity index (χ4n) is 0.929. The zero-order chi connectivity index (χ0) is 8.97. The van der Waals surface area contributed by atoms with Gasteiger partial charge in [-0.3, -0.25) is 0 Å². The summed E-state index contributed by atoms with van der Waals surface area (Å²) in [7, 11) is 0. The van der Waals surface area contributed by atoms with Crippen molar-refractivity contribution in [2.75, 3.05) is 13.2 Å². The predicted octanol–water partition coefficient (Wildman–Crippen LogP) is 2.07. The number of aromatic nitrogens is 1. The Hall–Kier alpha value is -0.480. The normalized spacial score (nSPS) is 13.2. The second kappa shape index (κ2) is 4.52. The minimum Gasteiger partial charge on any atom is -0.306 e. The van der Waals surface area contributed by atoms with Gasteiger partial charge in [0, 0.05) is 17.6 Å². The standard InChI is InChI=1S/C8H13FN2S/c1-6-5-12-8(11-6)7(2)10-4-3-9/h5,7,10H,3-4H2,1-2H3. The largest absolute Gasteiger partial charge is 0.306 e. The molecule has 0 saturated heterocycles. The Morgan fingerprint density at radius 2 is 2.50 bits per heavy atom. The SMILES string of the molecule is Cc1csc(C(C)NCCF)n1. The Bertz CT molecular complexity index is 237. The molecular weight excluding hydrogens is 175 g/mol. The Balaban J connectivity index is 2.47. The monoisotopic (exact) mass is 188 g/mol. The number of aryl methyl sites for hydroxylation is 1. The number of nitrogens with zero attached hydrogens (tertiary/aromatic N) is 1. The summed E-state index contributed by atoms with van der Waals surface area (Å²) in [6.45, 7) is 4.03. The van der Waals surface area contributed by atoms with Crippen molar-refractivity contribution in [3.63, 3.8) is 0 Å². The molecule has 1 rings (SSSR count). The highest BCUT2D eigenvalue weighted by molar-refractivity contribution is 7.09. The van der Waals surface area contributed by atoms with E-state index in [0.717, 1.165) is 10.7 Å². The molecule has 1 heterocycles. The lowest BCUT2D eigenvalue weighted by Gasteiger charge is -2.08. The first-order valence-electron chi connectivity index (χ1n) is 3.95. The second-order valence-corrected chi connectivity index (χ2v) is 3.58. The first kappa shape index (κ1) is 9.61. The third kappa shape index (κ3) is 2.53. The summed E-state index contributed by atoms with van der Waals surface area (Å²) in [5.41, 5.74) is 1.03. The van der Waals surface area contributed by atoms with Gasteiger partial charge in [-0.25, -0.2) is 9.37 Å². The first-order valence-corrected chi connectivity index (χ1v) is 4.83. The van der Waals surface area contributed by atoms with Crippen molar-refractivity contribution in [3.8, 4) is 0 Å². The van der Waals surface area contributed by atoms with Crippen LogP contribution >= 0.6 is 11.3 Å². The lowest BCUT2D eigenvalue weighted by atomic mass is 10.3. The maximum atomic E-state index is 11.8. The molecule has 0 fully saturated rings. The van der Waals surface area contributed by atoms with Crippen molar-refractivity contribution in [2.45, 2.75) is 19.9 Å². The van der Waals surface area contributed by atoms with Crippen LogP contribution in [0.2, 0.25) is 0 Å². The molecule has 0 aliphatic heterocycles. The van der Waals surface area contributed by atoms with Crippen LogP contribution in [0.5, 0.6) is 0 Å². The molecule has 0 aliphatic rings. The Labute approximate surface area is 75.8 Å². The van der Waals surface area contributed by atoms with Gasteiger partial charge in [0.1, 0.15) is 11.7 Å². The average molecular weight is 188 g/mol. The molecular formula is C8H13FN2S. The minimum absolute atomic E-state index is 0.166. The molecule has 0 aromatic carbocycles. The lowest BCUT2D eigenvalue weighted by molar-refractivity contribution is 0.443. The molecule has 0 bridgehead atoms. The lowest BCUT2D eigenvalue weighted by Crippen LogP contribution is -2.20. The summed E-state index contributed by atoms with van der Waals surface area (Å²) in [5, 5.41) is 6.07. The van der Waals surface area contributed by atoms with Gasteiger partial charge in [0.05, 0.1) is 6.04 Å². The number of alkyl halides is 1. The number of hydrogen-bond acceptors (Lipinski definition) is 3. The molecule has 0 amide bonds. The predicted molar refractivity (Wildman–Crippen MR) is 49.2 cm³/mol. The van der Waals surface area contributed by atoms with Gasteiger partial charge in [0.15, 0.2) is 0 Å². The first-order chi connectivity index (χ1) is 5.74. The van der Waals surface area contributed by atoms with Crippen molar-refractivity contribution in [2.24, 2.45) is 0 Å². The molecule has 68 valence electrons.